The van der Waals surface area contributed by atoms with Gasteiger partial charge < -0.3 is 20.1 Å². The number of carbonyl (C=O) groups is 3. The Bertz CT molecular complexity index is 648. The lowest BCUT2D eigenvalue weighted by molar-refractivity contribution is -0.158. The number of aliphatic carboxylic acids is 1. The summed E-state index contributed by atoms with van der Waals surface area (Å²) in [5.74, 6) is -1.35. The first-order valence-electron chi connectivity index (χ1n) is 7.99. The molecule has 7 nitrogen and oxygen atoms in total. The Morgan fingerprint density at radius 1 is 1.29 bits per heavy atom. The Morgan fingerprint density at radius 2 is 2.04 bits per heavy atom. The highest BCUT2D eigenvalue weighted by molar-refractivity contribution is 5.82. The number of nitrogens with zero attached hydrogens (tertiary/aromatic N) is 1. The first kappa shape index (κ1) is 16.4. The zero-order valence-corrected chi connectivity index (χ0v) is 13.2. The molecule has 2 aliphatic heterocycles. The Hall–Kier alpha value is -2.41. The highest BCUT2D eigenvalue weighted by atomic mass is 16.5. The first-order valence-corrected chi connectivity index (χ1v) is 7.99. The van der Waals surface area contributed by atoms with Gasteiger partial charge >= 0.3 is 5.97 Å². The largest absolute Gasteiger partial charge is 0.481 e. The van der Waals surface area contributed by atoms with Gasteiger partial charge in [0.25, 0.3) is 0 Å². The number of nitrogens with one attached hydrogen (secondary N) is 1. The molecule has 0 spiro atoms. The van der Waals surface area contributed by atoms with Crippen molar-refractivity contribution in [2.75, 3.05) is 19.7 Å². The summed E-state index contributed by atoms with van der Waals surface area (Å²) in [6.45, 7) is 0.761. The van der Waals surface area contributed by atoms with Crippen LogP contribution >= 0.6 is 0 Å². The van der Waals surface area contributed by atoms with Gasteiger partial charge in [-0.15, -0.1) is 0 Å². The summed E-state index contributed by atoms with van der Waals surface area (Å²) >= 11 is 0. The number of carboxylic acid groups (broad SMARTS) is 1. The van der Waals surface area contributed by atoms with Gasteiger partial charge in [-0.3, -0.25) is 14.4 Å². The minimum absolute atomic E-state index is 0.0211. The SMILES string of the molecule is O=C(O)CCC(=O)N1CC[C@@]2(c3ccccc3)NC(=O)CO[C@@H]2C1. The molecule has 0 aromatic heterocycles. The van der Waals surface area contributed by atoms with E-state index in [9.17, 15) is 14.4 Å². The molecular weight excluding hydrogens is 312 g/mol. The second kappa shape index (κ2) is 6.60. The number of piperidine rings is 1. The van der Waals surface area contributed by atoms with Gasteiger partial charge in [0.2, 0.25) is 11.8 Å². The monoisotopic (exact) mass is 332 g/mol. The molecule has 1 aromatic rings. The van der Waals surface area contributed by atoms with Crippen LogP contribution in [-0.2, 0) is 24.7 Å². The molecule has 2 N–H and O–H groups in total. The molecule has 128 valence electrons. The van der Waals surface area contributed by atoms with Gasteiger partial charge in [0.15, 0.2) is 0 Å². The predicted molar refractivity (Wildman–Crippen MR) is 84.1 cm³/mol. The number of fused-ring (bicyclic) bond motifs is 1. The first-order chi connectivity index (χ1) is 11.5. The van der Waals surface area contributed by atoms with Crippen molar-refractivity contribution in [3.8, 4) is 0 Å². The molecule has 0 saturated carbocycles. The van der Waals surface area contributed by atoms with E-state index in [4.69, 9.17) is 9.84 Å². The highest BCUT2D eigenvalue weighted by Crippen LogP contribution is 2.37. The minimum Gasteiger partial charge on any atom is -0.481 e. The molecule has 1 aromatic carbocycles. The van der Waals surface area contributed by atoms with Crippen LogP contribution in [0.3, 0.4) is 0 Å². The van der Waals surface area contributed by atoms with E-state index in [1.807, 2.05) is 30.3 Å². The summed E-state index contributed by atoms with van der Waals surface area (Å²) in [4.78, 5) is 36.4. The maximum atomic E-state index is 12.2. The number of hydrogen-bond donors (Lipinski definition) is 2. The molecule has 2 fully saturated rings. The quantitative estimate of drug-likeness (QED) is 0.837. The van der Waals surface area contributed by atoms with E-state index in [-0.39, 0.29) is 37.4 Å². The molecule has 0 radical (unpaired) electrons. The molecule has 3 rings (SSSR count). The van der Waals surface area contributed by atoms with E-state index in [0.29, 0.717) is 19.5 Å². The van der Waals surface area contributed by atoms with Gasteiger partial charge in [0, 0.05) is 19.5 Å². The van der Waals surface area contributed by atoms with Crippen molar-refractivity contribution < 1.29 is 24.2 Å². The van der Waals surface area contributed by atoms with Crippen LogP contribution in [0.2, 0.25) is 0 Å². The maximum absolute atomic E-state index is 12.2. The summed E-state index contributed by atoms with van der Waals surface area (Å²) in [7, 11) is 0. The third kappa shape index (κ3) is 3.12. The van der Waals surface area contributed by atoms with Crippen LogP contribution in [0.4, 0.5) is 0 Å². The summed E-state index contributed by atoms with van der Waals surface area (Å²) in [5.41, 5.74) is 0.320. The van der Waals surface area contributed by atoms with Crippen LogP contribution in [0.1, 0.15) is 24.8 Å². The fourth-order valence-electron chi connectivity index (χ4n) is 3.46. The number of carboxylic acids is 1. The second-order valence-corrected chi connectivity index (χ2v) is 6.17. The number of carbonyl (C=O) groups excluding carboxylic acids is 2. The number of ether oxygens (including phenoxy) is 1. The van der Waals surface area contributed by atoms with E-state index < -0.39 is 11.5 Å². The predicted octanol–water partition coefficient (Wildman–Crippen LogP) is 0.494. The molecule has 2 saturated heterocycles. The average Bonchev–Trinajstić information content (AvgIpc) is 2.59. The van der Waals surface area contributed by atoms with Gasteiger partial charge in [-0.25, -0.2) is 0 Å². The van der Waals surface area contributed by atoms with E-state index in [0.717, 1.165) is 5.56 Å². The third-order valence-electron chi connectivity index (χ3n) is 4.68. The zero-order chi connectivity index (χ0) is 17.2. The lowest BCUT2D eigenvalue weighted by Gasteiger charge is -2.50. The minimum atomic E-state index is -0.986. The number of likely N-dealkylation sites (tertiary alicyclic amines) is 1. The van der Waals surface area contributed by atoms with Crippen molar-refractivity contribution in [2.45, 2.75) is 30.9 Å². The zero-order valence-electron chi connectivity index (χ0n) is 13.2. The van der Waals surface area contributed by atoms with Crippen LogP contribution in [0.25, 0.3) is 0 Å². The van der Waals surface area contributed by atoms with E-state index in [2.05, 4.69) is 5.32 Å². The van der Waals surface area contributed by atoms with Gasteiger partial charge in [-0.1, -0.05) is 30.3 Å². The summed E-state index contributed by atoms with van der Waals surface area (Å²) in [6.07, 6.45) is -0.0134. The van der Waals surface area contributed by atoms with Crippen LogP contribution in [0, 0.1) is 0 Å². The molecule has 0 aliphatic carbocycles. The van der Waals surface area contributed by atoms with Crippen molar-refractivity contribution in [2.24, 2.45) is 0 Å². The van der Waals surface area contributed by atoms with E-state index in [1.165, 1.54) is 0 Å². The van der Waals surface area contributed by atoms with Crippen molar-refractivity contribution in [3.63, 3.8) is 0 Å². The molecule has 0 unspecified atom stereocenters. The van der Waals surface area contributed by atoms with Crippen LogP contribution in [-0.4, -0.2) is 53.6 Å². The molecule has 2 heterocycles. The van der Waals surface area contributed by atoms with E-state index in [1.54, 1.807) is 4.90 Å². The number of hydrogen-bond acceptors (Lipinski definition) is 4. The van der Waals surface area contributed by atoms with Crippen molar-refractivity contribution in [1.29, 1.82) is 0 Å². The van der Waals surface area contributed by atoms with Gasteiger partial charge in [-0.2, -0.15) is 0 Å². The third-order valence-corrected chi connectivity index (χ3v) is 4.68. The molecule has 2 amide bonds. The Morgan fingerprint density at radius 3 is 2.75 bits per heavy atom. The van der Waals surface area contributed by atoms with Crippen molar-refractivity contribution >= 4 is 17.8 Å². The van der Waals surface area contributed by atoms with Gasteiger partial charge in [-0.05, 0) is 12.0 Å². The molecule has 2 aliphatic rings. The number of benzene rings is 1. The van der Waals surface area contributed by atoms with Gasteiger partial charge in [0.1, 0.15) is 12.7 Å². The fourth-order valence-corrected chi connectivity index (χ4v) is 3.46. The summed E-state index contributed by atoms with van der Waals surface area (Å²) < 4.78 is 5.74. The lowest BCUT2D eigenvalue weighted by Crippen LogP contribution is -2.67. The maximum Gasteiger partial charge on any atom is 0.303 e. The molecular formula is C17H20N2O5. The number of morpholine rings is 1. The van der Waals surface area contributed by atoms with Crippen LogP contribution in [0.5, 0.6) is 0 Å². The van der Waals surface area contributed by atoms with Crippen molar-refractivity contribution in [1.82, 2.24) is 10.2 Å². The molecule has 24 heavy (non-hydrogen) atoms. The Kier molecular flexibility index (Phi) is 4.53. The summed E-state index contributed by atoms with van der Waals surface area (Å²) in [5, 5.41) is 11.8. The summed E-state index contributed by atoms with van der Waals surface area (Å²) in [6, 6.07) is 9.62. The standard InChI is InChI=1S/C17H20N2O5/c20-14-11-24-13-10-19(15(21)6-7-16(22)23)9-8-17(13,18-14)12-4-2-1-3-5-12/h1-5,13H,6-11H2,(H,18,20)(H,22,23)/t13-,17+/m1/s1. The topological polar surface area (TPSA) is 95.9 Å². The molecule has 2 atom stereocenters. The molecule has 0 bridgehead atoms. The Labute approximate surface area is 139 Å². The van der Waals surface area contributed by atoms with Crippen molar-refractivity contribution in [3.05, 3.63) is 35.9 Å². The second-order valence-electron chi connectivity index (χ2n) is 6.17. The van der Waals surface area contributed by atoms with E-state index >= 15 is 0 Å². The fraction of sp³-hybridized carbons (Fsp3) is 0.471. The molecule has 7 heteroatoms. The Balaban J connectivity index is 1.79. The normalized spacial score (nSPS) is 26.4. The van der Waals surface area contributed by atoms with Crippen LogP contribution < -0.4 is 5.32 Å². The number of amides is 2. The highest BCUT2D eigenvalue weighted by Gasteiger charge is 2.49. The lowest BCUT2D eigenvalue weighted by atomic mass is 9.77. The van der Waals surface area contributed by atoms with Crippen LogP contribution in [0.15, 0.2) is 30.3 Å². The smallest absolute Gasteiger partial charge is 0.303 e. The number of rotatable bonds is 4. The van der Waals surface area contributed by atoms with Gasteiger partial charge in [0.05, 0.1) is 12.0 Å². The average molecular weight is 332 g/mol.